The van der Waals surface area contributed by atoms with Crippen molar-refractivity contribution >= 4 is 34.2 Å². The maximum absolute atomic E-state index is 13.1. The van der Waals surface area contributed by atoms with Gasteiger partial charge < -0.3 is 4.74 Å². The van der Waals surface area contributed by atoms with E-state index < -0.39 is 22.7 Å². The minimum absolute atomic E-state index is 0.0852. The van der Waals surface area contributed by atoms with Crippen LogP contribution in [-0.4, -0.2) is 24.1 Å². The third-order valence-electron chi connectivity index (χ3n) is 5.34. The van der Waals surface area contributed by atoms with Gasteiger partial charge in [-0.15, -0.1) is 10.2 Å². The van der Waals surface area contributed by atoms with Crippen LogP contribution in [0.15, 0.2) is 30.5 Å². The zero-order chi connectivity index (χ0) is 21.8. The second kappa shape index (κ2) is 7.67. The molecule has 0 spiro atoms. The van der Waals surface area contributed by atoms with Gasteiger partial charge in [0.05, 0.1) is 15.8 Å². The van der Waals surface area contributed by atoms with Gasteiger partial charge in [0.1, 0.15) is 23.3 Å². The van der Waals surface area contributed by atoms with Crippen LogP contribution in [0.4, 0.5) is 19.1 Å². The summed E-state index contributed by atoms with van der Waals surface area (Å²) in [6, 6.07) is 5.32. The molecule has 5 rings (SSSR count). The van der Waals surface area contributed by atoms with Crippen molar-refractivity contribution in [3.05, 3.63) is 52.2 Å². The molecular weight excluding hydrogens is 453 g/mol. The number of halogens is 4. The number of nitrogens with zero attached hydrogens (tertiary/aromatic N) is 3. The van der Waals surface area contributed by atoms with Crippen LogP contribution < -0.4 is 9.46 Å². The number of rotatable bonds is 7. The number of hydrogen-bond donors (Lipinski definition) is 1. The molecule has 2 fully saturated rings. The molecule has 2 aromatic heterocycles. The summed E-state index contributed by atoms with van der Waals surface area (Å²) >= 11 is 5.68. The van der Waals surface area contributed by atoms with Gasteiger partial charge in [0, 0.05) is 6.20 Å². The molecule has 1 atom stereocenters. The summed E-state index contributed by atoms with van der Waals surface area (Å²) in [6.45, 7) is 0.0882. The van der Waals surface area contributed by atoms with Gasteiger partial charge in [-0.05, 0) is 67.0 Å². The van der Waals surface area contributed by atoms with Gasteiger partial charge in [0.25, 0.3) is 0 Å². The molecule has 6 nitrogen and oxygen atoms in total. The number of pyridine rings is 1. The van der Waals surface area contributed by atoms with E-state index in [0.29, 0.717) is 17.5 Å². The first-order valence-corrected chi connectivity index (χ1v) is 11.4. The van der Waals surface area contributed by atoms with E-state index in [-0.39, 0.29) is 22.6 Å². The number of alkyl halides is 3. The SMILES string of the molecule is O=S(Nc1nnc2cc(COc3ccc(Cl)c(C(F)(F)F)c3)c(C3CC3)cn12)C1CC1. The van der Waals surface area contributed by atoms with Gasteiger partial charge in [-0.1, -0.05) is 11.6 Å². The van der Waals surface area contributed by atoms with Crippen LogP contribution >= 0.6 is 11.6 Å². The van der Waals surface area contributed by atoms with E-state index in [0.717, 1.165) is 42.9 Å². The molecular formula is C20H18ClF3N4O2S. The topological polar surface area (TPSA) is 68.5 Å². The number of aromatic nitrogens is 3. The lowest BCUT2D eigenvalue weighted by Gasteiger charge is -2.14. The Hall–Kier alpha value is -2.33. The van der Waals surface area contributed by atoms with Gasteiger partial charge in [-0.25, -0.2) is 4.21 Å². The Morgan fingerprint density at radius 1 is 1.19 bits per heavy atom. The fraction of sp³-hybridized carbons (Fsp3) is 0.400. The van der Waals surface area contributed by atoms with Crippen LogP contribution in [0.1, 0.15) is 48.3 Å². The molecule has 11 heteroatoms. The number of hydrogen-bond acceptors (Lipinski definition) is 4. The molecule has 1 unspecified atom stereocenters. The maximum atomic E-state index is 13.1. The molecule has 0 saturated heterocycles. The van der Waals surface area contributed by atoms with Crippen molar-refractivity contribution in [2.75, 3.05) is 4.72 Å². The Bertz CT molecular complexity index is 1180. The van der Waals surface area contributed by atoms with Crippen molar-refractivity contribution in [1.82, 2.24) is 14.6 Å². The summed E-state index contributed by atoms with van der Waals surface area (Å²) in [5.74, 6) is 0.854. The standard InChI is InChI=1S/C20H18ClF3N4O2S/c21-17-6-3-13(8-16(17)20(22,23)24)30-10-12-7-18-25-26-19(27-31(29)14-4-5-14)28(18)9-15(12)11-1-2-11/h3,6-9,11,14H,1-2,4-5,10H2,(H,26,27). The molecule has 1 N–H and O–H groups in total. The van der Waals surface area contributed by atoms with E-state index in [1.165, 1.54) is 12.1 Å². The first-order chi connectivity index (χ1) is 14.8. The van der Waals surface area contributed by atoms with Crippen molar-refractivity contribution in [3.8, 4) is 5.75 Å². The zero-order valence-corrected chi connectivity index (χ0v) is 17.7. The summed E-state index contributed by atoms with van der Waals surface area (Å²) in [7, 11) is -1.19. The van der Waals surface area contributed by atoms with Crippen LogP contribution in [0.5, 0.6) is 5.75 Å². The van der Waals surface area contributed by atoms with E-state index in [1.54, 1.807) is 4.40 Å². The third-order valence-corrected chi connectivity index (χ3v) is 7.13. The highest BCUT2D eigenvalue weighted by Gasteiger charge is 2.34. The highest BCUT2D eigenvalue weighted by molar-refractivity contribution is 7.87. The molecule has 2 aliphatic carbocycles. The van der Waals surface area contributed by atoms with Gasteiger partial charge >= 0.3 is 6.18 Å². The van der Waals surface area contributed by atoms with Crippen molar-refractivity contribution in [2.45, 2.75) is 49.6 Å². The molecule has 0 aliphatic heterocycles. The van der Waals surface area contributed by atoms with Crippen LogP contribution in [0.25, 0.3) is 5.65 Å². The van der Waals surface area contributed by atoms with E-state index in [1.807, 2.05) is 12.3 Å². The summed E-state index contributed by atoms with van der Waals surface area (Å²) in [5, 5.41) is 8.03. The Labute approximate surface area is 183 Å². The molecule has 2 saturated carbocycles. The maximum Gasteiger partial charge on any atom is 0.417 e. The second-order valence-corrected chi connectivity index (χ2v) is 9.68. The molecule has 2 aliphatic rings. The number of ether oxygens (including phenoxy) is 1. The summed E-state index contributed by atoms with van der Waals surface area (Å²) < 4.78 is 61.9. The fourth-order valence-electron chi connectivity index (χ4n) is 3.37. The Kier molecular flexibility index (Phi) is 5.09. The Balaban J connectivity index is 1.41. The molecule has 0 radical (unpaired) electrons. The van der Waals surface area contributed by atoms with Crippen LogP contribution in [0.2, 0.25) is 5.02 Å². The lowest BCUT2D eigenvalue weighted by atomic mass is 10.1. The van der Waals surface area contributed by atoms with Crippen molar-refractivity contribution < 1.29 is 22.1 Å². The molecule has 3 aromatic rings. The van der Waals surface area contributed by atoms with Crippen LogP contribution in [0, 0.1) is 0 Å². The van der Waals surface area contributed by atoms with Gasteiger partial charge in [-0.3, -0.25) is 9.12 Å². The van der Waals surface area contributed by atoms with E-state index >= 15 is 0 Å². The number of nitrogens with one attached hydrogen (secondary N) is 1. The normalized spacial score (nSPS) is 17.7. The second-order valence-electron chi connectivity index (χ2n) is 7.81. The lowest BCUT2D eigenvalue weighted by molar-refractivity contribution is -0.137. The van der Waals surface area contributed by atoms with Crippen molar-refractivity contribution in [1.29, 1.82) is 0 Å². The smallest absolute Gasteiger partial charge is 0.417 e. The molecule has 1 aromatic carbocycles. The highest BCUT2D eigenvalue weighted by Crippen LogP contribution is 2.42. The minimum atomic E-state index is -4.56. The van der Waals surface area contributed by atoms with Gasteiger partial charge in [-0.2, -0.15) is 13.2 Å². The van der Waals surface area contributed by atoms with E-state index in [4.69, 9.17) is 16.3 Å². The van der Waals surface area contributed by atoms with E-state index in [2.05, 4.69) is 14.9 Å². The van der Waals surface area contributed by atoms with Gasteiger partial charge in [0.15, 0.2) is 5.65 Å². The summed E-state index contributed by atoms with van der Waals surface area (Å²) in [6.07, 6.45) is 1.27. The monoisotopic (exact) mass is 470 g/mol. The fourth-order valence-corrected chi connectivity index (χ4v) is 4.65. The van der Waals surface area contributed by atoms with Crippen molar-refractivity contribution in [3.63, 3.8) is 0 Å². The third kappa shape index (κ3) is 4.36. The largest absolute Gasteiger partial charge is 0.489 e. The molecule has 31 heavy (non-hydrogen) atoms. The first kappa shape index (κ1) is 20.6. The van der Waals surface area contributed by atoms with E-state index in [9.17, 15) is 17.4 Å². The summed E-state index contributed by atoms with van der Waals surface area (Å²) in [5.41, 5.74) is 1.48. The van der Waals surface area contributed by atoms with Gasteiger partial charge in [0.2, 0.25) is 5.95 Å². The highest BCUT2D eigenvalue weighted by atomic mass is 35.5. The Morgan fingerprint density at radius 2 is 1.97 bits per heavy atom. The number of benzene rings is 1. The average molecular weight is 471 g/mol. The quantitative estimate of drug-likeness (QED) is 0.522. The number of fused-ring (bicyclic) bond motifs is 1. The summed E-state index contributed by atoms with van der Waals surface area (Å²) in [4.78, 5) is 0. The predicted octanol–water partition coefficient (Wildman–Crippen LogP) is 5.10. The van der Waals surface area contributed by atoms with Crippen molar-refractivity contribution in [2.24, 2.45) is 0 Å². The van der Waals surface area contributed by atoms with Crippen LogP contribution in [-0.2, 0) is 23.8 Å². The Morgan fingerprint density at radius 3 is 2.65 bits per heavy atom. The zero-order valence-electron chi connectivity index (χ0n) is 16.2. The first-order valence-electron chi connectivity index (χ1n) is 9.84. The molecule has 164 valence electrons. The van der Waals surface area contributed by atoms with Crippen LogP contribution in [0.3, 0.4) is 0 Å². The molecule has 0 amide bonds. The molecule has 2 heterocycles. The molecule has 0 bridgehead atoms. The number of anilines is 1. The predicted molar refractivity (Wildman–Crippen MR) is 111 cm³/mol. The minimum Gasteiger partial charge on any atom is -0.489 e. The average Bonchev–Trinajstić information content (AvgIpc) is 3.63. The lowest BCUT2D eigenvalue weighted by Crippen LogP contribution is -2.12.